The number of hydrogen-bond acceptors (Lipinski definition) is 2. The van der Waals surface area contributed by atoms with E-state index < -0.39 is 0 Å². The number of ether oxygens (including phenoxy) is 1. The van der Waals surface area contributed by atoms with Crippen molar-refractivity contribution in [1.29, 1.82) is 0 Å². The molecular weight excluding hydrogens is 192 g/mol. The first kappa shape index (κ1) is 11.4. The summed E-state index contributed by atoms with van der Waals surface area (Å²) in [5.41, 5.74) is 0.962. The van der Waals surface area contributed by atoms with Gasteiger partial charge < -0.3 is 15.4 Å². The molecular formula is C11H16N2O2. The van der Waals surface area contributed by atoms with Crippen LogP contribution in [-0.4, -0.2) is 20.2 Å². The van der Waals surface area contributed by atoms with E-state index in [-0.39, 0.29) is 12.1 Å². The van der Waals surface area contributed by atoms with Crippen LogP contribution in [0.2, 0.25) is 0 Å². The summed E-state index contributed by atoms with van der Waals surface area (Å²) in [5, 5.41) is 5.30. The van der Waals surface area contributed by atoms with E-state index in [4.69, 9.17) is 4.74 Å². The van der Waals surface area contributed by atoms with Crippen molar-refractivity contribution >= 4 is 6.03 Å². The maximum Gasteiger partial charge on any atom is 0.315 e. The number of methoxy groups -OCH3 is 1. The molecule has 0 saturated carbocycles. The number of amides is 2. The van der Waals surface area contributed by atoms with Gasteiger partial charge in [0, 0.05) is 12.6 Å². The maximum atomic E-state index is 11.1. The zero-order valence-corrected chi connectivity index (χ0v) is 9.20. The first-order valence-electron chi connectivity index (χ1n) is 4.80. The third kappa shape index (κ3) is 2.87. The summed E-state index contributed by atoms with van der Waals surface area (Å²) in [5.74, 6) is 0.779. The van der Waals surface area contributed by atoms with Crippen LogP contribution in [0.3, 0.4) is 0 Å². The standard InChI is InChI=1S/C11H16N2O2/c1-8(13-11(14)12-2)9-6-4-5-7-10(9)15-3/h4-8H,1-3H3,(H2,12,13,14)/t8-/m0/s1. The van der Waals surface area contributed by atoms with Gasteiger partial charge in [-0.3, -0.25) is 0 Å². The minimum absolute atomic E-state index is 0.0823. The molecule has 1 aromatic carbocycles. The average Bonchev–Trinajstić information content (AvgIpc) is 2.28. The van der Waals surface area contributed by atoms with E-state index in [0.717, 1.165) is 11.3 Å². The largest absolute Gasteiger partial charge is 0.496 e. The fraction of sp³-hybridized carbons (Fsp3) is 0.364. The number of benzene rings is 1. The lowest BCUT2D eigenvalue weighted by Crippen LogP contribution is -2.34. The third-order valence-electron chi connectivity index (χ3n) is 2.18. The molecule has 0 bridgehead atoms. The van der Waals surface area contributed by atoms with Gasteiger partial charge in [0.15, 0.2) is 0 Å². The average molecular weight is 208 g/mol. The molecule has 0 aliphatic rings. The molecule has 2 amide bonds. The van der Waals surface area contributed by atoms with Crippen LogP contribution < -0.4 is 15.4 Å². The van der Waals surface area contributed by atoms with Gasteiger partial charge in [0.25, 0.3) is 0 Å². The molecule has 0 spiro atoms. The molecule has 2 N–H and O–H groups in total. The summed E-state index contributed by atoms with van der Waals surface area (Å²) < 4.78 is 5.21. The van der Waals surface area contributed by atoms with Crippen molar-refractivity contribution in [2.45, 2.75) is 13.0 Å². The van der Waals surface area contributed by atoms with E-state index in [1.807, 2.05) is 31.2 Å². The molecule has 4 nitrogen and oxygen atoms in total. The second-order valence-electron chi connectivity index (χ2n) is 3.19. The second-order valence-corrected chi connectivity index (χ2v) is 3.19. The second kappa shape index (κ2) is 5.24. The molecule has 0 fully saturated rings. The lowest BCUT2D eigenvalue weighted by molar-refractivity contribution is 0.239. The monoisotopic (exact) mass is 208 g/mol. The number of carbonyl (C=O) groups excluding carboxylic acids is 1. The highest BCUT2D eigenvalue weighted by Crippen LogP contribution is 2.23. The molecule has 1 rings (SSSR count). The Balaban J connectivity index is 2.80. The van der Waals surface area contributed by atoms with Gasteiger partial charge in [-0.25, -0.2) is 4.79 Å². The van der Waals surface area contributed by atoms with Gasteiger partial charge >= 0.3 is 6.03 Å². The van der Waals surface area contributed by atoms with Crippen molar-refractivity contribution in [3.05, 3.63) is 29.8 Å². The minimum atomic E-state index is -0.201. The van der Waals surface area contributed by atoms with E-state index in [2.05, 4.69) is 10.6 Å². The van der Waals surface area contributed by atoms with Crippen LogP contribution in [0.1, 0.15) is 18.5 Å². The Morgan fingerprint density at radius 1 is 1.40 bits per heavy atom. The van der Waals surface area contributed by atoms with Gasteiger partial charge in [0.05, 0.1) is 13.2 Å². The zero-order valence-electron chi connectivity index (χ0n) is 9.20. The fourth-order valence-corrected chi connectivity index (χ4v) is 1.37. The van der Waals surface area contributed by atoms with Crippen molar-refractivity contribution in [1.82, 2.24) is 10.6 Å². The van der Waals surface area contributed by atoms with Crippen LogP contribution in [0.25, 0.3) is 0 Å². The molecule has 0 aliphatic heterocycles. The maximum absolute atomic E-state index is 11.1. The summed E-state index contributed by atoms with van der Waals surface area (Å²) in [7, 11) is 3.20. The van der Waals surface area contributed by atoms with Crippen LogP contribution in [0.4, 0.5) is 4.79 Å². The SMILES string of the molecule is CNC(=O)N[C@@H](C)c1ccccc1OC. The Bertz CT molecular complexity index is 339. The van der Waals surface area contributed by atoms with Crippen molar-refractivity contribution in [2.75, 3.05) is 14.2 Å². The lowest BCUT2D eigenvalue weighted by atomic mass is 10.1. The Labute approximate surface area is 89.6 Å². The number of carbonyl (C=O) groups is 1. The zero-order chi connectivity index (χ0) is 11.3. The number of urea groups is 1. The summed E-state index contributed by atoms with van der Waals surface area (Å²) in [6.07, 6.45) is 0. The van der Waals surface area contributed by atoms with Crippen LogP contribution in [0, 0.1) is 0 Å². The van der Waals surface area contributed by atoms with Gasteiger partial charge in [-0.1, -0.05) is 18.2 Å². The first-order chi connectivity index (χ1) is 7.19. The molecule has 0 saturated heterocycles. The molecule has 0 aromatic heterocycles. The van der Waals surface area contributed by atoms with E-state index in [1.54, 1.807) is 14.2 Å². The van der Waals surface area contributed by atoms with Crippen LogP contribution >= 0.6 is 0 Å². The van der Waals surface area contributed by atoms with E-state index in [9.17, 15) is 4.79 Å². The Hall–Kier alpha value is -1.71. The highest BCUT2D eigenvalue weighted by atomic mass is 16.5. The van der Waals surface area contributed by atoms with Crippen molar-refractivity contribution in [3.63, 3.8) is 0 Å². The minimum Gasteiger partial charge on any atom is -0.496 e. The highest BCUT2D eigenvalue weighted by Gasteiger charge is 2.11. The summed E-state index contributed by atoms with van der Waals surface area (Å²) in [6, 6.07) is 7.33. The number of rotatable bonds is 3. The third-order valence-corrected chi connectivity index (χ3v) is 2.18. The Morgan fingerprint density at radius 2 is 2.07 bits per heavy atom. The topological polar surface area (TPSA) is 50.4 Å². The van der Waals surface area contributed by atoms with Gasteiger partial charge in [0.2, 0.25) is 0 Å². The molecule has 82 valence electrons. The molecule has 4 heteroatoms. The predicted molar refractivity (Wildman–Crippen MR) is 59.0 cm³/mol. The number of para-hydroxylation sites is 1. The Kier molecular flexibility index (Phi) is 3.97. The van der Waals surface area contributed by atoms with Crippen molar-refractivity contribution in [3.8, 4) is 5.75 Å². The lowest BCUT2D eigenvalue weighted by Gasteiger charge is -2.16. The van der Waals surface area contributed by atoms with E-state index in [0.29, 0.717) is 0 Å². The van der Waals surface area contributed by atoms with Crippen molar-refractivity contribution < 1.29 is 9.53 Å². The molecule has 0 heterocycles. The molecule has 1 aromatic rings. The van der Waals surface area contributed by atoms with Crippen LogP contribution in [0.5, 0.6) is 5.75 Å². The summed E-state index contributed by atoms with van der Waals surface area (Å²) in [6.45, 7) is 1.91. The van der Waals surface area contributed by atoms with Crippen LogP contribution in [0.15, 0.2) is 24.3 Å². The first-order valence-corrected chi connectivity index (χ1v) is 4.80. The Morgan fingerprint density at radius 3 is 2.67 bits per heavy atom. The molecule has 1 atom stereocenters. The van der Waals surface area contributed by atoms with Crippen LogP contribution in [-0.2, 0) is 0 Å². The van der Waals surface area contributed by atoms with Crippen molar-refractivity contribution in [2.24, 2.45) is 0 Å². The fourth-order valence-electron chi connectivity index (χ4n) is 1.37. The normalized spacial score (nSPS) is 11.7. The van der Waals surface area contributed by atoms with Gasteiger partial charge in [-0.05, 0) is 13.0 Å². The smallest absolute Gasteiger partial charge is 0.315 e. The molecule has 0 aliphatic carbocycles. The summed E-state index contributed by atoms with van der Waals surface area (Å²) >= 11 is 0. The van der Waals surface area contributed by atoms with E-state index >= 15 is 0 Å². The quantitative estimate of drug-likeness (QED) is 0.794. The highest BCUT2D eigenvalue weighted by molar-refractivity contribution is 5.74. The number of nitrogens with one attached hydrogen (secondary N) is 2. The van der Waals surface area contributed by atoms with Gasteiger partial charge in [-0.15, -0.1) is 0 Å². The molecule has 15 heavy (non-hydrogen) atoms. The molecule has 0 unspecified atom stereocenters. The van der Waals surface area contributed by atoms with Gasteiger partial charge in [0.1, 0.15) is 5.75 Å². The molecule has 0 radical (unpaired) electrons. The van der Waals surface area contributed by atoms with Gasteiger partial charge in [-0.2, -0.15) is 0 Å². The summed E-state index contributed by atoms with van der Waals surface area (Å²) in [4.78, 5) is 11.1. The van der Waals surface area contributed by atoms with E-state index in [1.165, 1.54) is 0 Å². The number of hydrogen-bond donors (Lipinski definition) is 2. The predicted octanol–water partition coefficient (Wildman–Crippen LogP) is 1.69.